The van der Waals surface area contributed by atoms with Crippen LogP contribution in [0.5, 0.6) is 0 Å². The van der Waals surface area contributed by atoms with Crippen LogP contribution in [0.4, 0.5) is 5.69 Å². The van der Waals surface area contributed by atoms with Gasteiger partial charge in [0.05, 0.1) is 0 Å². The highest BCUT2D eigenvalue weighted by atomic mass is 32.1. The summed E-state index contributed by atoms with van der Waals surface area (Å²) in [4.78, 5) is 5.30. The lowest BCUT2D eigenvalue weighted by Crippen LogP contribution is -2.52. The minimum absolute atomic E-state index is 0.471. The Morgan fingerprint density at radius 2 is 1.96 bits per heavy atom. The van der Waals surface area contributed by atoms with E-state index in [1.54, 1.807) is 0 Å². The minimum atomic E-state index is 0.471. The minimum Gasteiger partial charge on any atom is -0.368 e. The molecule has 1 aromatic carbocycles. The first-order valence-corrected chi connectivity index (χ1v) is 10.8. The SMILES string of the molecule is C[C@@H]1CN(c2cccc3sccc23)CCN1CC[C@H]1CC[C@H](N)CC1. The van der Waals surface area contributed by atoms with Crippen molar-refractivity contribution in [1.29, 1.82) is 0 Å². The van der Waals surface area contributed by atoms with E-state index in [-0.39, 0.29) is 0 Å². The maximum Gasteiger partial charge on any atom is 0.0455 e. The number of rotatable bonds is 4. The Morgan fingerprint density at radius 1 is 1.12 bits per heavy atom. The molecule has 4 heteroatoms. The molecule has 2 N–H and O–H groups in total. The van der Waals surface area contributed by atoms with E-state index < -0.39 is 0 Å². The first-order valence-electron chi connectivity index (χ1n) is 9.91. The Bertz CT molecular complexity index is 689. The molecular weight excluding hydrogens is 326 g/mol. The molecule has 1 atom stereocenters. The van der Waals surface area contributed by atoms with Crippen molar-refractivity contribution in [2.24, 2.45) is 11.7 Å². The van der Waals surface area contributed by atoms with E-state index in [1.165, 1.54) is 61.0 Å². The van der Waals surface area contributed by atoms with Gasteiger partial charge in [-0.15, -0.1) is 11.3 Å². The van der Waals surface area contributed by atoms with Crippen molar-refractivity contribution in [3.8, 4) is 0 Å². The van der Waals surface area contributed by atoms with Gasteiger partial charge in [-0.05, 0) is 75.1 Å². The number of hydrogen-bond acceptors (Lipinski definition) is 4. The van der Waals surface area contributed by atoms with Crippen LogP contribution in [0.25, 0.3) is 10.1 Å². The number of hydrogen-bond donors (Lipinski definition) is 1. The van der Waals surface area contributed by atoms with Crippen LogP contribution >= 0.6 is 11.3 Å². The average Bonchev–Trinajstić information content (AvgIpc) is 3.11. The molecule has 2 heterocycles. The molecule has 4 rings (SSSR count). The van der Waals surface area contributed by atoms with Crippen molar-refractivity contribution in [2.75, 3.05) is 31.1 Å². The number of thiophene rings is 1. The molecule has 0 radical (unpaired) electrons. The van der Waals surface area contributed by atoms with Crippen molar-refractivity contribution >= 4 is 27.1 Å². The van der Waals surface area contributed by atoms with Gasteiger partial charge >= 0.3 is 0 Å². The number of nitrogens with two attached hydrogens (primary N) is 1. The molecule has 1 saturated carbocycles. The van der Waals surface area contributed by atoms with Crippen LogP contribution < -0.4 is 10.6 Å². The third-order valence-corrected chi connectivity index (χ3v) is 7.18. The smallest absolute Gasteiger partial charge is 0.0455 e. The van der Waals surface area contributed by atoms with Gasteiger partial charge in [-0.3, -0.25) is 4.90 Å². The first-order chi connectivity index (χ1) is 12.2. The van der Waals surface area contributed by atoms with Crippen LogP contribution in [0.1, 0.15) is 39.0 Å². The van der Waals surface area contributed by atoms with Gasteiger partial charge in [0, 0.05) is 47.5 Å². The zero-order chi connectivity index (χ0) is 17.2. The summed E-state index contributed by atoms with van der Waals surface area (Å²) in [6.45, 7) is 7.14. The highest BCUT2D eigenvalue weighted by molar-refractivity contribution is 7.17. The van der Waals surface area contributed by atoms with Crippen molar-refractivity contribution in [3.63, 3.8) is 0 Å². The molecule has 1 aromatic heterocycles. The molecule has 2 fully saturated rings. The predicted molar refractivity (Wildman–Crippen MR) is 110 cm³/mol. The molecule has 136 valence electrons. The molecule has 1 aliphatic carbocycles. The summed E-state index contributed by atoms with van der Waals surface area (Å²) < 4.78 is 1.41. The van der Waals surface area contributed by atoms with Crippen molar-refractivity contribution < 1.29 is 0 Å². The highest BCUT2D eigenvalue weighted by Gasteiger charge is 2.26. The maximum atomic E-state index is 6.04. The van der Waals surface area contributed by atoms with E-state index in [4.69, 9.17) is 5.73 Å². The maximum absolute atomic E-state index is 6.04. The third-order valence-electron chi connectivity index (χ3n) is 6.29. The van der Waals surface area contributed by atoms with Crippen LogP contribution in [0.2, 0.25) is 0 Å². The number of benzene rings is 1. The summed E-state index contributed by atoms with van der Waals surface area (Å²) in [6, 6.07) is 10.1. The van der Waals surface area contributed by atoms with E-state index in [0.29, 0.717) is 12.1 Å². The van der Waals surface area contributed by atoms with E-state index in [1.807, 2.05) is 11.3 Å². The summed E-state index contributed by atoms with van der Waals surface area (Å²) in [7, 11) is 0. The number of fused-ring (bicyclic) bond motifs is 1. The summed E-state index contributed by atoms with van der Waals surface area (Å²) >= 11 is 1.84. The van der Waals surface area contributed by atoms with Crippen molar-refractivity contribution in [2.45, 2.75) is 51.1 Å². The van der Waals surface area contributed by atoms with Gasteiger partial charge in [0.15, 0.2) is 0 Å². The Balaban J connectivity index is 1.33. The van der Waals surface area contributed by atoms with Gasteiger partial charge < -0.3 is 10.6 Å². The van der Waals surface area contributed by atoms with Gasteiger partial charge in [-0.25, -0.2) is 0 Å². The fourth-order valence-electron chi connectivity index (χ4n) is 4.63. The number of nitrogens with zero attached hydrogens (tertiary/aromatic N) is 2. The fraction of sp³-hybridized carbons (Fsp3) is 0.619. The molecule has 25 heavy (non-hydrogen) atoms. The largest absolute Gasteiger partial charge is 0.368 e. The summed E-state index contributed by atoms with van der Waals surface area (Å²) in [5.74, 6) is 0.907. The van der Waals surface area contributed by atoms with Crippen LogP contribution in [0.15, 0.2) is 29.6 Å². The van der Waals surface area contributed by atoms with Crippen LogP contribution in [0.3, 0.4) is 0 Å². The fourth-order valence-corrected chi connectivity index (χ4v) is 5.43. The van der Waals surface area contributed by atoms with Gasteiger partial charge in [0.25, 0.3) is 0 Å². The monoisotopic (exact) mass is 357 g/mol. The Morgan fingerprint density at radius 3 is 2.76 bits per heavy atom. The highest BCUT2D eigenvalue weighted by Crippen LogP contribution is 2.32. The van der Waals surface area contributed by atoms with E-state index in [9.17, 15) is 0 Å². The van der Waals surface area contributed by atoms with Crippen molar-refractivity contribution in [3.05, 3.63) is 29.6 Å². The van der Waals surface area contributed by atoms with Crippen LogP contribution in [-0.2, 0) is 0 Å². The lowest BCUT2D eigenvalue weighted by molar-refractivity contribution is 0.167. The first kappa shape index (κ1) is 17.3. The topological polar surface area (TPSA) is 32.5 Å². The molecule has 0 spiro atoms. The quantitative estimate of drug-likeness (QED) is 0.884. The van der Waals surface area contributed by atoms with Gasteiger partial charge in [-0.1, -0.05) is 6.07 Å². The van der Waals surface area contributed by atoms with Gasteiger partial charge in [0.2, 0.25) is 0 Å². The van der Waals surface area contributed by atoms with Gasteiger partial charge in [-0.2, -0.15) is 0 Å². The molecule has 0 amide bonds. The van der Waals surface area contributed by atoms with E-state index >= 15 is 0 Å². The Kier molecular flexibility index (Phi) is 5.30. The molecular formula is C21H31N3S. The molecule has 1 saturated heterocycles. The Hall–Kier alpha value is -1.10. The second-order valence-corrected chi connectivity index (χ2v) is 8.96. The molecule has 2 aromatic rings. The molecule has 0 bridgehead atoms. The normalized spacial score (nSPS) is 28.6. The third kappa shape index (κ3) is 3.86. The van der Waals surface area contributed by atoms with E-state index in [2.05, 4.69) is 46.4 Å². The number of piperazine rings is 1. The van der Waals surface area contributed by atoms with Gasteiger partial charge in [0.1, 0.15) is 0 Å². The zero-order valence-electron chi connectivity index (χ0n) is 15.4. The summed E-state index contributed by atoms with van der Waals surface area (Å²) in [5.41, 5.74) is 7.47. The molecule has 0 unspecified atom stereocenters. The average molecular weight is 358 g/mol. The summed E-state index contributed by atoms with van der Waals surface area (Å²) in [5, 5.41) is 3.64. The van der Waals surface area contributed by atoms with E-state index in [0.717, 1.165) is 19.0 Å². The molecule has 3 nitrogen and oxygen atoms in total. The predicted octanol–water partition coefficient (Wildman–Crippen LogP) is 4.32. The van der Waals surface area contributed by atoms with Crippen LogP contribution in [0, 0.1) is 5.92 Å². The number of anilines is 1. The summed E-state index contributed by atoms with van der Waals surface area (Å²) in [6.07, 6.45) is 6.51. The molecule has 1 aliphatic heterocycles. The standard InChI is InChI=1S/C21H31N3S/c1-16-15-24(20-3-2-4-21-19(20)10-14-25-21)13-12-23(16)11-9-17-5-7-18(22)8-6-17/h2-4,10,14,16-18H,5-9,11-13,15,22H2,1H3/t16-,17-,18-/m1/s1. The lowest BCUT2D eigenvalue weighted by Gasteiger charge is -2.42. The molecule has 2 aliphatic rings. The van der Waals surface area contributed by atoms with Crippen molar-refractivity contribution in [1.82, 2.24) is 4.90 Å². The van der Waals surface area contributed by atoms with Crippen LogP contribution in [-0.4, -0.2) is 43.2 Å². The zero-order valence-corrected chi connectivity index (χ0v) is 16.2. The Labute approximate surface area is 155 Å². The second-order valence-electron chi connectivity index (χ2n) is 8.01. The second kappa shape index (κ2) is 7.65. The lowest BCUT2D eigenvalue weighted by atomic mass is 9.84.